The second-order valence-electron chi connectivity index (χ2n) is 6.85. The maximum atomic E-state index is 10.2. The lowest BCUT2D eigenvalue weighted by Gasteiger charge is -2.22. The minimum atomic E-state index is -0.0617. The fourth-order valence-electron chi connectivity index (χ4n) is 1.89. The smallest absolute Gasteiger partial charge is 0.293 e. The summed E-state index contributed by atoms with van der Waals surface area (Å²) in [6, 6.07) is 5.87. The quantitative estimate of drug-likeness (QED) is 0.767. The molecule has 3 heteroatoms. The maximum Gasteiger partial charge on any atom is 0.293 e. The standard InChI is InChI=1S/C11H12O3.C7H16/c1-13-9-3-4-10-8(6-9)2-5-11(10)14-7-12;1-6(2)7(3,4)5/h3-4,6-7,11H,2,5H2,1H3;6H,1-5H3. The summed E-state index contributed by atoms with van der Waals surface area (Å²) in [6.45, 7) is 11.8. The molecule has 1 atom stereocenters. The molecule has 0 aliphatic heterocycles. The van der Waals surface area contributed by atoms with E-state index < -0.39 is 0 Å². The Kier molecular flexibility index (Phi) is 6.25. The Morgan fingerprint density at radius 1 is 1.29 bits per heavy atom. The highest BCUT2D eigenvalue weighted by molar-refractivity contribution is 5.44. The number of rotatable bonds is 3. The Labute approximate surface area is 128 Å². The molecule has 1 aliphatic rings. The molecule has 1 aromatic rings. The number of methoxy groups -OCH3 is 1. The summed E-state index contributed by atoms with van der Waals surface area (Å²) in [6.07, 6.45) is 1.76. The number of ether oxygens (including phenoxy) is 2. The number of benzene rings is 1. The van der Waals surface area contributed by atoms with Crippen molar-refractivity contribution >= 4 is 6.47 Å². The summed E-state index contributed by atoms with van der Waals surface area (Å²) < 4.78 is 10.1. The highest BCUT2D eigenvalue weighted by atomic mass is 16.5. The lowest BCUT2D eigenvalue weighted by molar-refractivity contribution is -0.133. The zero-order valence-corrected chi connectivity index (χ0v) is 14.1. The monoisotopic (exact) mass is 292 g/mol. The Morgan fingerprint density at radius 2 is 1.90 bits per heavy atom. The van der Waals surface area contributed by atoms with Gasteiger partial charge in [0.15, 0.2) is 0 Å². The minimum absolute atomic E-state index is 0.0617. The highest BCUT2D eigenvalue weighted by Crippen LogP contribution is 2.35. The molecule has 3 nitrogen and oxygen atoms in total. The fourth-order valence-corrected chi connectivity index (χ4v) is 1.89. The molecule has 1 unspecified atom stereocenters. The van der Waals surface area contributed by atoms with Gasteiger partial charge in [0, 0.05) is 0 Å². The lowest BCUT2D eigenvalue weighted by Crippen LogP contribution is -2.12. The van der Waals surface area contributed by atoms with Gasteiger partial charge in [-0.25, -0.2) is 0 Å². The van der Waals surface area contributed by atoms with Crippen LogP contribution in [-0.2, 0) is 16.0 Å². The van der Waals surface area contributed by atoms with E-state index in [4.69, 9.17) is 9.47 Å². The summed E-state index contributed by atoms with van der Waals surface area (Å²) in [7, 11) is 1.65. The summed E-state index contributed by atoms with van der Waals surface area (Å²) in [5, 5.41) is 0. The third-order valence-corrected chi connectivity index (χ3v) is 4.32. The Morgan fingerprint density at radius 3 is 2.38 bits per heavy atom. The largest absolute Gasteiger partial charge is 0.497 e. The van der Waals surface area contributed by atoms with E-state index in [-0.39, 0.29) is 6.10 Å². The molecule has 0 saturated carbocycles. The van der Waals surface area contributed by atoms with Crippen molar-refractivity contribution in [2.24, 2.45) is 11.3 Å². The number of fused-ring (bicyclic) bond motifs is 1. The zero-order valence-electron chi connectivity index (χ0n) is 14.1. The second-order valence-corrected chi connectivity index (χ2v) is 6.85. The van der Waals surface area contributed by atoms with Crippen LogP contribution in [0.5, 0.6) is 5.75 Å². The van der Waals surface area contributed by atoms with Crippen LogP contribution in [-0.4, -0.2) is 13.6 Å². The summed E-state index contributed by atoms with van der Waals surface area (Å²) in [5.41, 5.74) is 2.83. The van der Waals surface area contributed by atoms with E-state index in [2.05, 4.69) is 34.6 Å². The molecule has 0 bridgehead atoms. The summed E-state index contributed by atoms with van der Waals surface area (Å²) in [4.78, 5) is 10.2. The van der Waals surface area contributed by atoms with Crippen molar-refractivity contribution in [2.45, 2.75) is 53.6 Å². The van der Waals surface area contributed by atoms with Crippen LogP contribution in [0.2, 0.25) is 0 Å². The zero-order chi connectivity index (χ0) is 16.0. The first-order valence-corrected chi connectivity index (χ1v) is 7.55. The van der Waals surface area contributed by atoms with E-state index >= 15 is 0 Å². The van der Waals surface area contributed by atoms with Gasteiger partial charge in [-0.3, -0.25) is 4.79 Å². The molecule has 1 aliphatic carbocycles. The predicted octanol–water partition coefficient (Wildman–Crippen LogP) is 4.54. The van der Waals surface area contributed by atoms with Gasteiger partial charge >= 0.3 is 0 Å². The predicted molar refractivity (Wildman–Crippen MR) is 85.5 cm³/mol. The van der Waals surface area contributed by atoms with Crippen molar-refractivity contribution in [3.05, 3.63) is 29.3 Å². The van der Waals surface area contributed by atoms with Gasteiger partial charge in [-0.2, -0.15) is 0 Å². The van der Waals surface area contributed by atoms with E-state index in [1.807, 2.05) is 18.2 Å². The number of aryl methyl sites for hydroxylation is 1. The second kappa shape index (κ2) is 7.48. The number of hydrogen-bond acceptors (Lipinski definition) is 3. The van der Waals surface area contributed by atoms with E-state index in [1.54, 1.807) is 7.11 Å². The summed E-state index contributed by atoms with van der Waals surface area (Å²) in [5.74, 6) is 1.66. The molecule has 2 rings (SSSR count). The van der Waals surface area contributed by atoms with Crippen molar-refractivity contribution in [3.63, 3.8) is 0 Å². The molecule has 0 spiro atoms. The number of carbonyl (C=O) groups is 1. The van der Waals surface area contributed by atoms with Gasteiger partial charge in [0.2, 0.25) is 0 Å². The van der Waals surface area contributed by atoms with Crippen LogP contribution in [0.3, 0.4) is 0 Å². The van der Waals surface area contributed by atoms with Gasteiger partial charge in [0.25, 0.3) is 6.47 Å². The van der Waals surface area contributed by atoms with Crippen LogP contribution >= 0.6 is 0 Å². The van der Waals surface area contributed by atoms with Crippen LogP contribution in [0, 0.1) is 11.3 Å². The Hall–Kier alpha value is -1.51. The van der Waals surface area contributed by atoms with Gasteiger partial charge in [-0.15, -0.1) is 0 Å². The average molecular weight is 292 g/mol. The van der Waals surface area contributed by atoms with Gasteiger partial charge in [0.05, 0.1) is 7.11 Å². The highest BCUT2D eigenvalue weighted by Gasteiger charge is 2.23. The molecule has 0 N–H and O–H groups in total. The SMILES string of the molecule is CC(C)C(C)(C)C.COc1ccc2c(c1)CCC2OC=O. The van der Waals surface area contributed by atoms with Crippen molar-refractivity contribution in [1.29, 1.82) is 0 Å². The van der Waals surface area contributed by atoms with Crippen LogP contribution < -0.4 is 4.74 Å². The maximum absolute atomic E-state index is 10.2. The van der Waals surface area contributed by atoms with Crippen molar-refractivity contribution in [2.75, 3.05) is 7.11 Å². The minimum Gasteiger partial charge on any atom is -0.497 e. The van der Waals surface area contributed by atoms with Gasteiger partial charge in [-0.1, -0.05) is 40.7 Å². The Balaban J connectivity index is 0.000000270. The third kappa shape index (κ3) is 5.07. The van der Waals surface area contributed by atoms with Gasteiger partial charge in [-0.05, 0) is 47.4 Å². The first kappa shape index (κ1) is 17.5. The molecule has 0 aromatic heterocycles. The average Bonchev–Trinajstić information content (AvgIpc) is 2.81. The third-order valence-electron chi connectivity index (χ3n) is 4.32. The molecule has 118 valence electrons. The van der Waals surface area contributed by atoms with E-state index in [0.717, 1.165) is 30.1 Å². The van der Waals surface area contributed by atoms with Crippen molar-refractivity contribution in [1.82, 2.24) is 0 Å². The molecule has 0 saturated heterocycles. The van der Waals surface area contributed by atoms with E-state index in [0.29, 0.717) is 11.9 Å². The van der Waals surface area contributed by atoms with Crippen molar-refractivity contribution in [3.8, 4) is 5.75 Å². The number of hydrogen-bond donors (Lipinski definition) is 0. The molecular weight excluding hydrogens is 264 g/mol. The fraction of sp³-hybridized carbons (Fsp3) is 0.611. The van der Waals surface area contributed by atoms with Crippen LogP contribution in [0.4, 0.5) is 0 Å². The first-order valence-electron chi connectivity index (χ1n) is 7.55. The first-order chi connectivity index (χ1) is 9.79. The topological polar surface area (TPSA) is 35.5 Å². The van der Waals surface area contributed by atoms with E-state index in [1.165, 1.54) is 5.56 Å². The van der Waals surface area contributed by atoms with Crippen LogP contribution in [0.15, 0.2) is 18.2 Å². The molecule has 0 heterocycles. The van der Waals surface area contributed by atoms with E-state index in [9.17, 15) is 4.79 Å². The van der Waals surface area contributed by atoms with Crippen LogP contribution in [0.1, 0.15) is 58.3 Å². The lowest BCUT2D eigenvalue weighted by atomic mass is 9.84. The molecule has 0 fully saturated rings. The molecule has 1 aromatic carbocycles. The van der Waals surface area contributed by atoms with Gasteiger partial charge < -0.3 is 9.47 Å². The molecule has 21 heavy (non-hydrogen) atoms. The van der Waals surface area contributed by atoms with Gasteiger partial charge in [0.1, 0.15) is 11.9 Å². The normalized spacial score (nSPS) is 16.8. The Bertz CT molecular complexity index is 458. The number of carbonyl (C=O) groups excluding carboxylic acids is 1. The molecule has 0 radical (unpaired) electrons. The molecule has 0 amide bonds. The van der Waals surface area contributed by atoms with Crippen LogP contribution in [0.25, 0.3) is 0 Å². The molecular formula is C18H28O3. The summed E-state index contributed by atoms with van der Waals surface area (Å²) >= 11 is 0. The van der Waals surface area contributed by atoms with Crippen molar-refractivity contribution < 1.29 is 14.3 Å².